The first kappa shape index (κ1) is 30.7. The summed E-state index contributed by atoms with van der Waals surface area (Å²) in [6, 6.07) is 20.1. The highest BCUT2D eigenvalue weighted by atomic mass is 32.2. The normalized spacial score (nSPS) is 13.1. The highest BCUT2D eigenvalue weighted by Crippen LogP contribution is 2.23. The van der Waals surface area contributed by atoms with Gasteiger partial charge < -0.3 is 10.4 Å². The van der Waals surface area contributed by atoms with Crippen LogP contribution in [-0.4, -0.2) is 77.2 Å². The van der Waals surface area contributed by atoms with Crippen molar-refractivity contribution in [3.05, 3.63) is 108 Å². The lowest BCUT2D eigenvalue weighted by Gasteiger charge is -2.30. The monoisotopic (exact) mass is 594 g/mol. The van der Waals surface area contributed by atoms with E-state index in [2.05, 4.69) is 10.3 Å². The number of hydrogen-bond acceptors (Lipinski definition) is 7. The zero-order valence-corrected chi connectivity index (χ0v) is 23.8. The lowest BCUT2D eigenvalue weighted by molar-refractivity contribution is -0.159. The number of halogens is 1. The van der Waals surface area contributed by atoms with Crippen molar-refractivity contribution in [1.82, 2.24) is 19.7 Å². The van der Waals surface area contributed by atoms with Crippen LogP contribution in [-0.2, 0) is 21.2 Å². The van der Waals surface area contributed by atoms with Gasteiger partial charge in [0.2, 0.25) is 10.0 Å². The van der Waals surface area contributed by atoms with Crippen LogP contribution in [0.2, 0.25) is 0 Å². The van der Waals surface area contributed by atoms with Crippen LogP contribution in [0.4, 0.5) is 4.39 Å². The van der Waals surface area contributed by atoms with Gasteiger partial charge in [0.05, 0.1) is 23.6 Å². The number of aliphatic hydroxyl groups excluding tert-OH is 1. The first-order valence-corrected chi connectivity index (χ1v) is 14.5. The Kier molecular flexibility index (Phi) is 9.63. The van der Waals surface area contributed by atoms with E-state index < -0.39 is 57.8 Å². The molecular formula is C30H31FN4O6S. The van der Waals surface area contributed by atoms with Crippen molar-refractivity contribution >= 4 is 32.6 Å². The van der Waals surface area contributed by atoms with Gasteiger partial charge in [-0.2, -0.15) is 4.31 Å². The van der Waals surface area contributed by atoms with Gasteiger partial charge in [0.1, 0.15) is 11.5 Å². The number of hydrogen-bond donors (Lipinski definition) is 3. The number of sulfonamides is 1. The number of hydroxylamine groups is 2. The van der Waals surface area contributed by atoms with Crippen LogP contribution in [0, 0.1) is 12.7 Å². The Morgan fingerprint density at radius 1 is 1.02 bits per heavy atom. The molecule has 42 heavy (non-hydrogen) atoms. The van der Waals surface area contributed by atoms with Crippen molar-refractivity contribution in [3.63, 3.8) is 0 Å². The number of benzene rings is 3. The second kappa shape index (κ2) is 13.2. The number of carbonyl (C=O) groups excluding carboxylic acids is 2. The summed E-state index contributed by atoms with van der Waals surface area (Å²) in [4.78, 5) is 29.7. The van der Waals surface area contributed by atoms with Gasteiger partial charge in [-0.25, -0.2) is 17.9 Å². The molecule has 0 bridgehead atoms. The van der Waals surface area contributed by atoms with E-state index in [1.54, 1.807) is 48.5 Å². The predicted octanol–water partition coefficient (Wildman–Crippen LogP) is 2.92. The lowest BCUT2D eigenvalue weighted by Crippen LogP contribution is -2.52. The number of aryl methyl sites for hydroxylation is 1. The second-order valence-corrected chi connectivity index (χ2v) is 11.7. The number of rotatable bonds is 11. The van der Waals surface area contributed by atoms with Crippen LogP contribution < -0.4 is 5.32 Å². The number of amides is 2. The molecule has 1 aromatic heterocycles. The Bertz CT molecular complexity index is 1680. The van der Waals surface area contributed by atoms with E-state index in [1.807, 2.05) is 12.1 Å². The Morgan fingerprint density at radius 3 is 2.43 bits per heavy atom. The maximum absolute atomic E-state index is 14.1. The Morgan fingerprint density at radius 2 is 1.71 bits per heavy atom. The van der Waals surface area contributed by atoms with Gasteiger partial charge in [0.25, 0.3) is 11.8 Å². The summed E-state index contributed by atoms with van der Waals surface area (Å²) in [6.07, 6.45) is 0.0655. The van der Waals surface area contributed by atoms with E-state index in [9.17, 15) is 32.7 Å². The molecule has 10 nitrogen and oxygen atoms in total. The van der Waals surface area contributed by atoms with E-state index in [0.717, 1.165) is 30.1 Å². The minimum atomic E-state index is -4.54. The lowest BCUT2D eigenvalue weighted by atomic mass is 10.0. The highest BCUT2D eigenvalue weighted by molar-refractivity contribution is 7.89. The summed E-state index contributed by atoms with van der Waals surface area (Å²) < 4.78 is 42.1. The fourth-order valence-electron chi connectivity index (χ4n) is 4.52. The number of nitrogens with one attached hydrogen (secondary N) is 1. The summed E-state index contributed by atoms with van der Waals surface area (Å²) in [6.45, 7) is -0.0334. The molecule has 0 unspecified atom stereocenters. The van der Waals surface area contributed by atoms with Crippen LogP contribution in [0.15, 0.2) is 90.0 Å². The molecule has 0 aliphatic carbocycles. The number of aliphatic hydroxyl groups is 1. The van der Waals surface area contributed by atoms with Crippen LogP contribution >= 0.6 is 0 Å². The molecule has 2 amide bonds. The van der Waals surface area contributed by atoms with Crippen LogP contribution in [0.1, 0.15) is 21.6 Å². The molecule has 12 heteroatoms. The maximum atomic E-state index is 14.1. The Hall–Kier alpha value is -4.23. The quantitative estimate of drug-likeness (QED) is 0.179. The van der Waals surface area contributed by atoms with Crippen LogP contribution in [0.3, 0.4) is 0 Å². The van der Waals surface area contributed by atoms with Gasteiger partial charge in [-0.3, -0.25) is 19.8 Å². The summed E-state index contributed by atoms with van der Waals surface area (Å²) in [5.74, 6) is -2.38. The fourth-order valence-corrected chi connectivity index (χ4v) is 6.16. The minimum Gasteiger partial charge on any atom is -0.390 e. The molecule has 0 aliphatic heterocycles. The van der Waals surface area contributed by atoms with Gasteiger partial charge >= 0.3 is 0 Å². The summed E-state index contributed by atoms with van der Waals surface area (Å²) in [5.41, 5.74) is 1.08. The third kappa shape index (κ3) is 7.15. The first-order chi connectivity index (χ1) is 20.0. The van der Waals surface area contributed by atoms with Crippen molar-refractivity contribution in [2.45, 2.75) is 30.4 Å². The molecule has 4 rings (SSSR count). The molecular weight excluding hydrogens is 563 g/mol. The highest BCUT2D eigenvalue weighted by Gasteiger charge is 2.34. The maximum Gasteiger partial charge on any atom is 0.270 e. The first-order valence-electron chi connectivity index (χ1n) is 13.1. The average molecular weight is 595 g/mol. The molecule has 0 saturated carbocycles. The Labute approximate surface area is 243 Å². The molecule has 0 saturated heterocycles. The predicted molar refractivity (Wildman–Crippen MR) is 154 cm³/mol. The van der Waals surface area contributed by atoms with Crippen molar-refractivity contribution in [2.75, 3.05) is 20.1 Å². The molecule has 220 valence electrons. The third-order valence-electron chi connectivity index (χ3n) is 6.80. The molecule has 3 N–H and O–H groups in total. The van der Waals surface area contributed by atoms with Gasteiger partial charge in [0.15, 0.2) is 0 Å². The van der Waals surface area contributed by atoms with Crippen molar-refractivity contribution in [2.24, 2.45) is 0 Å². The molecule has 3 aromatic carbocycles. The summed E-state index contributed by atoms with van der Waals surface area (Å²) in [7, 11) is -3.51. The van der Waals surface area contributed by atoms with Crippen molar-refractivity contribution in [3.8, 4) is 0 Å². The molecule has 0 radical (unpaired) electrons. The van der Waals surface area contributed by atoms with Crippen molar-refractivity contribution in [1.29, 1.82) is 0 Å². The zero-order valence-electron chi connectivity index (χ0n) is 23.0. The number of fused-ring (bicyclic) bond motifs is 1. The third-order valence-corrected chi connectivity index (χ3v) is 8.75. The van der Waals surface area contributed by atoms with E-state index in [4.69, 9.17) is 0 Å². The average Bonchev–Trinajstić information content (AvgIpc) is 2.97. The van der Waals surface area contributed by atoms with Crippen molar-refractivity contribution < 1.29 is 32.7 Å². The van der Waals surface area contributed by atoms with Gasteiger partial charge in [-0.05, 0) is 48.1 Å². The van der Waals surface area contributed by atoms with Gasteiger partial charge in [-0.15, -0.1) is 0 Å². The number of aromatic nitrogens is 1. The largest absolute Gasteiger partial charge is 0.390 e. The zero-order chi connectivity index (χ0) is 30.4. The Balaban J connectivity index is 1.69. The molecule has 0 fully saturated rings. The molecule has 0 spiro atoms. The molecule has 0 aliphatic rings. The molecule has 2 atom stereocenters. The second-order valence-electron chi connectivity index (χ2n) is 9.84. The number of carbonyl (C=O) groups is 2. The smallest absolute Gasteiger partial charge is 0.270 e. The van der Waals surface area contributed by atoms with E-state index in [0.29, 0.717) is 9.69 Å². The number of likely N-dealkylation sites (N-methyl/N-ethyl adjacent to an activating group) is 1. The standard InChI is InChI=1S/C30H31FN4O6S/c1-20-12-13-23(31)17-27(20)42(40,41)35(19-28(37)34(2)39)18-26(36)25(16-21-8-4-3-5-9-21)33-30(38)29-24-11-7-6-10-22(24)14-15-32-29/h3-15,17,25-26,36,39H,16,18-19H2,1-2H3,(H,33,38)/t25-,26+/m0/s1. The summed E-state index contributed by atoms with van der Waals surface area (Å²) in [5, 5.41) is 25.5. The number of pyridine rings is 1. The van der Waals surface area contributed by atoms with Crippen LogP contribution in [0.5, 0.6) is 0 Å². The van der Waals surface area contributed by atoms with Gasteiger partial charge in [0, 0.05) is 25.2 Å². The fraction of sp³-hybridized carbons (Fsp3) is 0.233. The SMILES string of the molecule is Cc1ccc(F)cc1S(=O)(=O)N(CC(=O)N(C)O)C[C@@H](O)[C@H](Cc1ccccc1)NC(=O)c1nccc2ccccc12. The molecule has 1 heterocycles. The molecule has 4 aromatic rings. The summed E-state index contributed by atoms with van der Waals surface area (Å²) >= 11 is 0. The van der Waals surface area contributed by atoms with E-state index >= 15 is 0 Å². The van der Waals surface area contributed by atoms with E-state index in [-0.39, 0.29) is 22.7 Å². The minimum absolute atomic E-state index is 0.110. The number of nitrogens with zero attached hydrogens (tertiary/aromatic N) is 3. The van der Waals surface area contributed by atoms with Crippen LogP contribution in [0.25, 0.3) is 10.8 Å². The van der Waals surface area contributed by atoms with E-state index in [1.165, 1.54) is 19.2 Å². The topological polar surface area (TPSA) is 140 Å². The van der Waals surface area contributed by atoms with Gasteiger partial charge in [-0.1, -0.05) is 60.7 Å².